The quantitative estimate of drug-likeness (QED) is 0.556. The second-order valence-electron chi connectivity index (χ2n) is 4.74. The molecule has 1 atom stereocenters. The van der Waals surface area contributed by atoms with Crippen molar-refractivity contribution < 1.29 is 4.74 Å². The van der Waals surface area contributed by atoms with Gasteiger partial charge in [0.05, 0.1) is 6.61 Å². The summed E-state index contributed by atoms with van der Waals surface area (Å²) in [6.07, 6.45) is 0. The van der Waals surface area contributed by atoms with E-state index in [0.29, 0.717) is 12.6 Å². The zero-order valence-corrected chi connectivity index (χ0v) is 14.7. The van der Waals surface area contributed by atoms with Crippen molar-refractivity contribution in [2.45, 2.75) is 17.9 Å². The van der Waals surface area contributed by atoms with Gasteiger partial charge in [-0.1, -0.05) is 34.1 Å². The van der Waals surface area contributed by atoms with Gasteiger partial charge in [0.15, 0.2) is 0 Å². The van der Waals surface area contributed by atoms with Gasteiger partial charge in [-0.05, 0) is 49.9 Å². The number of thioether (sulfide) groups is 1. The molecule has 0 spiro atoms. The lowest BCUT2D eigenvalue weighted by atomic mass is 10.1. The van der Waals surface area contributed by atoms with Crippen molar-refractivity contribution in [1.29, 1.82) is 0 Å². The summed E-state index contributed by atoms with van der Waals surface area (Å²) in [6.45, 7) is 2.87. The molecule has 0 amide bonds. The second-order valence-corrected chi connectivity index (χ2v) is 6.82. The molecular formula is C17H20BrNOS. The minimum Gasteiger partial charge on any atom is -0.493 e. The van der Waals surface area contributed by atoms with Gasteiger partial charge < -0.3 is 10.1 Å². The van der Waals surface area contributed by atoms with E-state index in [1.165, 1.54) is 10.5 Å². The molecule has 0 bridgehead atoms. The zero-order chi connectivity index (χ0) is 15.1. The van der Waals surface area contributed by atoms with Gasteiger partial charge in [-0.15, -0.1) is 11.8 Å². The van der Waals surface area contributed by atoms with Gasteiger partial charge in [-0.3, -0.25) is 0 Å². The molecule has 2 rings (SSSR count). The summed E-state index contributed by atoms with van der Waals surface area (Å²) in [5.74, 6) is 1.84. The molecule has 0 heterocycles. The minimum atomic E-state index is 0.378. The van der Waals surface area contributed by atoms with Crippen LogP contribution in [0.2, 0.25) is 0 Å². The highest BCUT2D eigenvalue weighted by Gasteiger charge is 2.03. The Bertz CT molecular complexity index is 576. The Labute approximate surface area is 139 Å². The van der Waals surface area contributed by atoms with Gasteiger partial charge in [0.2, 0.25) is 0 Å². The number of benzene rings is 2. The fraction of sp³-hybridized carbons (Fsp3) is 0.294. The maximum Gasteiger partial charge on any atom is 0.120 e. The number of halogens is 1. The standard InChI is InChI=1S/C17H20BrNOS/c1-13(19-2)14-5-3-8-17(11-14)21-10-9-20-16-7-4-6-15(18)12-16/h3-8,11-13,19H,9-10H2,1-2H3. The lowest BCUT2D eigenvalue weighted by Gasteiger charge is -2.12. The predicted octanol–water partition coefficient (Wildman–Crippen LogP) is 4.90. The first-order valence-corrected chi connectivity index (χ1v) is 8.75. The van der Waals surface area contributed by atoms with Gasteiger partial charge in [-0.2, -0.15) is 0 Å². The van der Waals surface area contributed by atoms with Crippen molar-refractivity contribution in [3.8, 4) is 5.75 Å². The summed E-state index contributed by atoms with van der Waals surface area (Å²) < 4.78 is 6.79. The summed E-state index contributed by atoms with van der Waals surface area (Å²) in [7, 11) is 1.98. The van der Waals surface area contributed by atoms with E-state index >= 15 is 0 Å². The number of ether oxygens (including phenoxy) is 1. The highest BCUT2D eigenvalue weighted by atomic mass is 79.9. The van der Waals surface area contributed by atoms with Gasteiger partial charge in [-0.25, -0.2) is 0 Å². The van der Waals surface area contributed by atoms with Crippen LogP contribution in [0.5, 0.6) is 5.75 Å². The van der Waals surface area contributed by atoms with E-state index in [4.69, 9.17) is 4.74 Å². The van der Waals surface area contributed by atoms with E-state index in [9.17, 15) is 0 Å². The molecule has 0 aliphatic carbocycles. The van der Waals surface area contributed by atoms with E-state index in [-0.39, 0.29) is 0 Å². The third kappa shape index (κ3) is 5.38. The van der Waals surface area contributed by atoms with E-state index in [0.717, 1.165) is 16.0 Å². The molecule has 1 unspecified atom stereocenters. The predicted molar refractivity (Wildman–Crippen MR) is 94.3 cm³/mol. The molecule has 2 aromatic rings. The molecule has 2 nitrogen and oxygen atoms in total. The molecule has 0 aliphatic rings. The summed E-state index contributed by atoms with van der Waals surface area (Å²) in [4.78, 5) is 1.28. The topological polar surface area (TPSA) is 21.3 Å². The molecular weight excluding hydrogens is 346 g/mol. The number of hydrogen-bond acceptors (Lipinski definition) is 3. The van der Waals surface area contributed by atoms with E-state index < -0.39 is 0 Å². The fourth-order valence-corrected chi connectivity index (χ4v) is 3.09. The van der Waals surface area contributed by atoms with Gasteiger partial charge in [0.1, 0.15) is 5.75 Å². The van der Waals surface area contributed by atoms with Crippen LogP contribution in [-0.4, -0.2) is 19.4 Å². The normalized spacial score (nSPS) is 12.1. The van der Waals surface area contributed by atoms with Crippen molar-refractivity contribution in [2.24, 2.45) is 0 Å². The van der Waals surface area contributed by atoms with Crippen molar-refractivity contribution >= 4 is 27.7 Å². The Morgan fingerprint density at radius 2 is 2.00 bits per heavy atom. The van der Waals surface area contributed by atoms with Gasteiger partial charge in [0.25, 0.3) is 0 Å². The van der Waals surface area contributed by atoms with E-state index in [1.54, 1.807) is 0 Å². The van der Waals surface area contributed by atoms with Crippen LogP contribution in [0.3, 0.4) is 0 Å². The lowest BCUT2D eigenvalue weighted by Crippen LogP contribution is -2.12. The Morgan fingerprint density at radius 1 is 1.19 bits per heavy atom. The lowest BCUT2D eigenvalue weighted by molar-refractivity contribution is 0.344. The maximum absolute atomic E-state index is 5.74. The average molecular weight is 366 g/mol. The highest BCUT2D eigenvalue weighted by molar-refractivity contribution is 9.10. The molecule has 0 saturated carbocycles. The summed E-state index contributed by atoms with van der Waals surface area (Å²) >= 11 is 5.27. The van der Waals surface area contributed by atoms with E-state index in [2.05, 4.69) is 52.4 Å². The molecule has 0 fully saturated rings. The average Bonchev–Trinajstić information content (AvgIpc) is 2.51. The highest BCUT2D eigenvalue weighted by Crippen LogP contribution is 2.23. The largest absolute Gasteiger partial charge is 0.493 e. The monoisotopic (exact) mass is 365 g/mol. The summed E-state index contributed by atoms with van der Waals surface area (Å²) in [6, 6.07) is 17.0. The van der Waals surface area contributed by atoms with Crippen molar-refractivity contribution in [3.05, 3.63) is 58.6 Å². The molecule has 21 heavy (non-hydrogen) atoms. The minimum absolute atomic E-state index is 0.378. The Balaban J connectivity index is 1.81. The van der Waals surface area contributed by atoms with Crippen LogP contribution >= 0.6 is 27.7 Å². The molecule has 0 saturated heterocycles. The van der Waals surface area contributed by atoms with Crippen molar-refractivity contribution in [3.63, 3.8) is 0 Å². The molecule has 0 aliphatic heterocycles. The molecule has 4 heteroatoms. The smallest absolute Gasteiger partial charge is 0.120 e. The first-order chi connectivity index (χ1) is 10.2. The van der Waals surface area contributed by atoms with Crippen LogP contribution in [0.25, 0.3) is 0 Å². The number of rotatable bonds is 7. The van der Waals surface area contributed by atoms with Crippen LogP contribution in [-0.2, 0) is 0 Å². The van der Waals surface area contributed by atoms with E-state index in [1.807, 2.05) is 43.1 Å². The van der Waals surface area contributed by atoms with Crippen molar-refractivity contribution in [2.75, 3.05) is 19.4 Å². The van der Waals surface area contributed by atoms with Crippen LogP contribution in [0, 0.1) is 0 Å². The second kappa shape index (κ2) is 8.47. The molecule has 0 aromatic heterocycles. The number of hydrogen-bond donors (Lipinski definition) is 1. The molecule has 2 aromatic carbocycles. The first-order valence-electron chi connectivity index (χ1n) is 6.97. The molecule has 1 N–H and O–H groups in total. The molecule has 112 valence electrons. The van der Waals surface area contributed by atoms with Crippen LogP contribution in [0.4, 0.5) is 0 Å². The van der Waals surface area contributed by atoms with Crippen LogP contribution in [0.1, 0.15) is 18.5 Å². The van der Waals surface area contributed by atoms with Gasteiger partial charge >= 0.3 is 0 Å². The van der Waals surface area contributed by atoms with Crippen LogP contribution < -0.4 is 10.1 Å². The third-order valence-corrected chi connectivity index (χ3v) is 4.66. The van der Waals surface area contributed by atoms with Crippen molar-refractivity contribution in [1.82, 2.24) is 5.32 Å². The Morgan fingerprint density at radius 3 is 2.76 bits per heavy atom. The third-order valence-electron chi connectivity index (χ3n) is 3.21. The maximum atomic E-state index is 5.74. The van der Waals surface area contributed by atoms with Gasteiger partial charge in [0, 0.05) is 21.2 Å². The SMILES string of the molecule is CNC(C)c1cccc(SCCOc2cccc(Br)c2)c1. The number of nitrogens with one attached hydrogen (secondary N) is 1. The summed E-state index contributed by atoms with van der Waals surface area (Å²) in [5.41, 5.74) is 1.32. The first kappa shape index (κ1) is 16.4. The molecule has 0 radical (unpaired) electrons. The zero-order valence-electron chi connectivity index (χ0n) is 12.3. The Hall–Kier alpha value is -0.970. The Kier molecular flexibility index (Phi) is 6.61. The summed E-state index contributed by atoms with van der Waals surface area (Å²) in [5, 5.41) is 3.26. The fourth-order valence-electron chi connectivity index (χ4n) is 1.92. The van der Waals surface area contributed by atoms with Crippen LogP contribution in [0.15, 0.2) is 57.9 Å².